The first-order valence-corrected chi connectivity index (χ1v) is 4.84. The van der Waals surface area contributed by atoms with Gasteiger partial charge in [-0.25, -0.2) is 4.98 Å². The Kier molecular flexibility index (Phi) is 3.42. The molecule has 1 N–H and O–H groups in total. The number of nitrogens with zero attached hydrogens (tertiary/aromatic N) is 1. The fourth-order valence-electron chi connectivity index (χ4n) is 0.876. The number of anilines is 1. The summed E-state index contributed by atoms with van der Waals surface area (Å²) < 4.78 is 0.807. The number of carbonyl (C=O) groups excluding carboxylic acids is 1. The normalized spacial score (nSPS) is 9.77. The SMILES string of the molecule is CCC(=O)Nc1cnc(Br)c(C)c1. The summed E-state index contributed by atoms with van der Waals surface area (Å²) in [6, 6.07) is 1.88. The molecule has 0 bridgehead atoms. The van der Waals surface area contributed by atoms with E-state index in [0.29, 0.717) is 6.42 Å². The van der Waals surface area contributed by atoms with Crippen LogP contribution in [0.25, 0.3) is 0 Å². The van der Waals surface area contributed by atoms with Crippen LogP contribution < -0.4 is 5.32 Å². The van der Waals surface area contributed by atoms with Crippen LogP contribution in [-0.4, -0.2) is 10.9 Å². The van der Waals surface area contributed by atoms with Crippen LogP contribution in [0.5, 0.6) is 0 Å². The summed E-state index contributed by atoms with van der Waals surface area (Å²) in [6.07, 6.45) is 2.11. The molecule has 70 valence electrons. The quantitative estimate of drug-likeness (QED) is 0.811. The Morgan fingerprint density at radius 3 is 2.92 bits per heavy atom. The molecule has 0 spiro atoms. The van der Waals surface area contributed by atoms with E-state index in [0.717, 1.165) is 15.9 Å². The van der Waals surface area contributed by atoms with Crippen LogP contribution in [0.2, 0.25) is 0 Å². The van der Waals surface area contributed by atoms with E-state index in [-0.39, 0.29) is 5.91 Å². The topological polar surface area (TPSA) is 42.0 Å². The monoisotopic (exact) mass is 242 g/mol. The second-order valence-electron chi connectivity index (χ2n) is 2.73. The smallest absolute Gasteiger partial charge is 0.224 e. The maximum absolute atomic E-state index is 11.0. The first kappa shape index (κ1) is 10.2. The van der Waals surface area contributed by atoms with E-state index in [1.165, 1.54) is 0 Å². The van der Waals surface area contributed by atoms with Gasteiger partial charge in [-0.05, 0) is 34.5 Å². The van der Waals surface area contributed by atoms with E-state index >= 15 is 0 Å². The summed E-state index contributed by atoms with van der Waals surface area (Å²) >= 11 is 3.29. The number of carbonyl (C=O) groups is 1. The summed E-state index contributed by atoms with van der Waals surface area (Å²) in [4.78, 5) is 15.1. The minimum Gasteiger partial charge on any atom is -0.325 e. The lowest BCUT2D eigenvalue weighted by Gasteiger charge is -2.04. The Morgan fingerprint density at radius 1 is 1.69 bits per heavy atom. The number of hydrogen-bond acceptors (Lipinski definition) is 2. The number of pyridine rings is 1. The highest BCUT2D eigenvalue weighted by Crippen LogP contribution is 2.16. The zero-order valence-electron chi connectivity index (χ0n) is 7.60. The minimum absolute atomic E-state index is 0.00326. The van der Waals surface area contributed by atoms with Crippen LogP contribution in [0, 0.1) is 6.92 Å². The Balaban J connectivity index is 2.79. The zero-order valence-corrected chi connectivity index (χ0v) is 9.18. The molecule has 13 heavy (non-hydrogen) atoms. The molecule has 1 heterocycles. The molecule has 0 saturated carbocycles. The van der Waals surface area contributed by atoms with Gasteiger partial charge in [-0.1, -0.05) is 6.92 Å². The molecule has 0 radical (unpaired) electrons. The molecule has 0 aliphatic heterocycles. The summed E-state index contributed by atoms with van der Waals surface area (Å²) in [5.74, 6) is 0.00326. The van der Waals surface area contributed by atoms with Gasteiger partial charge in [0, 0.05) is 6.42 Å². The lowest BCUT2D eigenvalue weighted by atomic mass is 10.3. The predicted molar refractivity (Wildman–Crippen MR) is 55.6 cm³/mol. The van der Waals surface area contributed by atoms with Gasteiger partial charge in [-0.3, -0.25) is 4.79 Å². The van der Waals surface area contributed by atoms with Crippen LogP contribution in [0.1, 0.15) is 18.9 Å². The third-order valence-electron chi connectivity index (χ3n) is 1.62. The molecule has 0 aliphatic carbocycles. The van der Waals surface area contributed by atoms with E-state index in [9.17, 15) is 4.79 Å². The van der Waals surface area contributed by atoms with Gasteiger partial charge < -0.3 is 5.32 Å². The largest absolute Gasteiger partial charge is 0.325 e. The van der Waals surface area contributed by atoms with Crippen LogP contribution in [0.3, 0.4) is 0 Å². The van der Waals surface area contributed by atoms with Crippen LogP contribution in [0.15, 0.2) is 16.9 Å². The predicted octanol–water partition coefficient (Wildman–Crippen LogP) is 2.50. The average molecular weight is 243 g/mol. The van der Waals surface area contributed by atoms with Crippen molar-refractivity contribution >= 4 is 27.5 Å². The second kappa shape index (κ2) is 4.37. The van der Waals surface area contributed by atoms with Crippen molar-refractivity contribution in [3.8, 4) is 0 Å². The number of aryl methyl sites for hydroxylation is 1. The number of amides is 1. The van der Waals surface area contributed by atoms with Crippen molar-refractivity contribution in [1.82, 2.24) is 4.98 Å². The van der Waals surface area contributed by atoms with Crippen molar-refractivity contribution in [3.63, 3.8) is 0 Å². The van der Waals surface area contributed by atoms with Gasteiger partial charge in [-0.2, -0.15) is 0 Å². The second-order valence-corrected chi connectivity index (χ2v) is 3.48. The molecular weight excluding hydrogens is 232 g/mol. The van der Waals surface area contributed by atoms with Gasteiger partial charge in [-0.15, -0.1) is 0 Å². The molecule has 0 fully saturated rings. The maximum atomic E-state index is 11.0. The molecule has 0 aliphatic rings. The van der Waals surface area contributed by atoms with Gasteiger partial charge in [0.15, 0.2) is 0 Å². The third kappa shape index (κ3) is 2.81. The maximum Gasteiger partial charge on any atom is 0.224 e. The van der Waals surface area contributed by atoms with Gasteiger partial charge in [0.25, 0.3) is 0 Å². The van der Waals surface area contributed by atoms with Crippen molar-refractivity contribution in [3.05, 3.63) is 22.4 Å². The third-order valence-corrected chi connectivity index (χ3v) is 2.45. The van der Waals surface area contributed by atoms with Gasteiger partial charge in [0.1, 0.15) is 4.60 Å². The van der Waals surface area contributed by atoms with E-state index < -0.39 is 0 Å². The molecule has 0 aromatic carbocycles. The molecule has 1 aromatic heterocycles. The number of rotatable bonds is 2. The molecular formula is C9H11BrN2O. The highest BCUT2D eigenvalue weighted by atomic mass is 79.9. The number of aromatic nitrogens is 1. The van der Waals surface area contributed by atoms with Crippen LogP contribution in [-0.2, 0) is 4.79 Å². The summed E-state index contributed by atoms with van der Waals surface area (Å²) in [6.45, 7) is 3.74. The van der Waals surface area contributed by atoms with Gasteiger partial charge in [0.05, 0.1) is 11.9 Å². The lowest BCUT2D eigenvalue weighted by Crippen LogP contribution is -2.09. The first-order valence-electron chi connectivity index (χ1n) is 4.05. The molecule has 1 amide bonds. The molecule has 4 heteroatoms. The van der Waals surface area contributed by atoms with Crippen molar-refractivity contribution in [2.24, 2.45) is 0 Å². The lowest BCUT2D eigenvalue weighted by molar-refractivity contribution is -0.115. The first-order chi connectivity index (χ1) is 6.13. The Hall–Kier alpha value is -0.900. The van der Waals surface area contributed by atoms with E-state index in [1.54, 1.807) is 6.20 Å². The van der Waals surface area contributed by atoms with Crippen molar-refractivity contribution in [2.75, 3.05) is 5.32 Å². The Morgan fingerprint density at radius 2 is 2.38 bits per heavy atom. The molecule has 0 unspecified atom stereocenters. The van der Waals surface area contributed by atoms with Crippen LogP contribution >= 0.6 is 15.9 Å². The van der Waals surface area contributed by atoms with Gasteiger partial charge in [0.2, 0.25) is 5.91 Å². The van der Waals surface area contributed by atoms with Crippen molar-refractivity contribution < 1.29 is 4.79 Å². The molecule has 0 atom stereocenters. The van der Waals surface area contributed by atoms with Gasteiger partial charge >= 0.3 is 0 Å². The zero-order chi connectivity index (χ0) is 9.84. The summed E-state index contributed by atoms with van der Waals surface area (Å²) in [5.41, 5.74) is 1.75. The van der Waals surface area contributed by atoms with Crippen molar-refractivity contribution in [1.29, 1.82) is 0 Å². The summed E-state index contributed by atoms with van der Waals surface area (Å²) in [5, 5.41) is 2.74. The van der Waals surface area contributed by atoms with E-state index in [2.05, 4.69) is 26.2 Å². The van der Waals surface area contributed by atoms with E-state index in [4.69, 9.17) is 0 Å². The highest BCUT2D eigenvalue weighted by Gasteiger charge is 2.01. The number of nitrogens with one attached hydrogen (secondary N) is 1. The molecule has 3 nitrogen and oxygen atoms in total. The van der Waals surface area contributed by atoms with Crippen LogP contribution in [0.4, 0.5) is 5.69 Å². The standard InChI is InChI=1S/C9H11BrN2O/c1-3-8(13)12-7-4-6(2)9(10)11-5-7/h4-5H,3H2,1-2H3,(H,12,13). The van der Waals surface area contributed by atoms with Crippen molar-refractivity contribution in [2.45, 2.75) is 20.3 Å². The minimum atomic E-state index is 0.00326. The molecule has 1 aromatic rings. The fourth-order valence-corrected chi connectivity index (χ4v) is 1.09. The highest BCUT2D eigenvalue weighted by molar-refractivity contribution is 9.10. The number of halogens is 1. The fraction of sp³-hybridized carbons (Fsp3) is 0.333. The average Bonchev–Trinajstić information content (AvgIpc) is 2.11. The summed E-state index contributed by atoms with van der Waals surface area (Å²) in [7, 11) is 0. The Labute approximate surface area is 85.7 Å². The molecule has 0 saturated heterocycles. The Bertz CT molecular complexity index is 325. The molecule has 1 rings (SSSR count). The van der Waals surface area contributed by atoms with E-state index in [1.807, 2.05) is 19.9 Å². The number of hydrogen-bond donors (Lipinski definition) is 1.